The maximum atomic E-state index is 7.51. The van der Waals surface area contributed by atoms with Crippen molar-refractivity contribution in [3.8, 4) is 6.07 Å². The lowest BCUT2D eigenvalue weighted by molar-refractivity contribution is 0.348. The summed E-state index contributed by atoms with van der Waals surface area (Å²) >= 11 is 0. The SMILES string of the molecule is C=C.C=C.C=C.N#CCO. The number of aliphatic hydroxyl groups excluding tert-OH is 1. The first-order valence-corrected chi connectivity index (χ1v) is 2.39. The predicted molar refractivity (Wildman–Crippen MR) is 46.5 cm³/mol. The Morgan fingerprint density at radius 1 is 1.00 bits per heavy atom. The topological polar surface area (TPSA) is 44.0 Å². The van der Waals surface area contributed by atoms with Crippen LogP contribution in [0, 0.1) is 11.3 Å². The fraction of sp³-hybridized carbons (Fsp3) is 0.125. The van der Waals surface area contributed by atoms with Crippen molar-refractivity contribution >= 4 is 0 Å². The molecule has 2 heteroatoms. The summed E-state index contributed by atoms with van der Waals surface area (Å²) in [6.45, 7) is 17.6. The molecule has 0 unspecified atom stereocenters. The highest BCUT2D eigenvalue weighted by Crippen LogP contribution is 1.34. The number of rotatable bonds is 0. The van der Waals surface area contributed by atoms with Crippen molar-refractivity contribution < 1.29 is 5.11 Å². The van der Waals surface area contributed by atoms with Gasteiger partial charge < -0.3 is 5.11 Å². The Balaban J connectivity index is -0.0000000262. The zero-order valence-electron chi connectivity index (χ0n) is 6.34. The first-order valence-electron chi connectivity index (χ1n) is 2.39. The van der Waals surface area contributed by atoms with Gasteiger partial charge in [0.15, 0.2) is 0 Å². The highest BCUT2D eigenvalue weighted by Gasteiger charge is 1.49. The Hall–Kier alpha value is -1.33. The van der Waals surface area contributed by atoms with Crippen molar-refractivity contribution in [3.05, 3.63) is 39.5 Å². The summed E-state index contributed by atoms with van der Waals surface area (Å²) in [5.74, 6) is 0. The Bertz CT molecular complexity index is 61.4. The molecule has 0 aliphatic heterocycles. The number of aliphatic hydroxyl groups is 1. The van der Waals surface area contributed by atoms with Gasteiger partial charge in [0.2, 0.25) is 0 Å². The summed E-state index contributed by atoms with van der Waals surface area (Å²) in [5.41, 5.74) is 0. The third-order valence-corrected chi connectivity index (χ3v) is 0.0707. The van der Waals surface area contributed by atoms with Crippen LogP contribution >= 0.6 is 0 Å². The smallest absolute Gasteiger partial charge is 0.130 e. The van der Waals surface area contributed by atoms with Crippen LogP contribution in [0.15, 0.2) is 39.5 Å². The van der Waals surface area contributed by atoms with Gasteiger partial charge in [-0.3, -0.25) is 0 Å². The van der Waals surface area contributed by atoms with Crippen molar-refractivity contribution in [3.63, 3.8) is 0 Å². The van der Waals surface area contributed by atoms with E-state index in [0.29, 0.717) is 0 Å². The van der Waals surface area contributed by atoms with Crippen molar-refractivity contribution in [1.82, 2.24) is 0 Å². The second kappa shape index (κ2) is 760. The number of nitriles is 1. The third-order valence-electron chi connectivity index (χ3n) is 0.0707. The van der Waals surface area contributed by atoms with Gasteiger partial charge in [-0.05, 0) is 0 Å². The summed E-state index contributed by atoms with van der Waals surface area (Å²) in [5, 5.41) is 14.9. The lowest BCUT2D eigenvalue weighted by Crippen LogP contribution is -1.64. The van der Waals surface area contributed by atoms with Crippen LogP contribution in [0.5, 0.6) is 0 Å². The Morgan fingerprint density at radius 2 is 1.10 bits per heavy atom. The van der Waals surface area contributed by atoms with Crippen LogP contribution in [0.3, 0.4) is 0 Å². The number of hydrogen-bond acceptors (Lipinski definition) is 2. The molecule has 0 radical (unpaired) electrons. The van der Waals surface area contributed by atoms with E-state index in [2.05, 4.69) is 39.5 Å². The molecule has 58 valence electrons. The lowest BCUT2D eigenvalue weighted by Gasteiger charge is -1.50. The standard InChI is InChI=1S/C2H3NO.3C2H4/c3-1-2-4;3*1-2/h4H,2H2;3*1-2H2. The maximum absolute atomic E-state index is 7.51. The maximum Gasteiger partial charge on any atom is 0.130 e. The fourth-order valence-electron chi connectivity index (χ4n) is 0. The summed E-state index contributed by atoms with van der Waals surface area (Å²) in [6, 6.07) is 1.49. The van der Waals surface area contributed by atoms with E-state index in [1.54, 1.807) is 0 Å². The first kappa shape index (κ1) is 23.4. The van der Waals surface area contributed by atoms with E-state index < -0.39 is 0 Å². The van der Waals surface area contributed by atoms with Crippen LogP contribution in [0.2, 0.25) is 0 Å². The molecule has 0 saturated carbocycles. The molecule has 1 N–H and O–H groups in total. The van der Waals surface area contributed by atoms with Crippen molar-refractivity contribution in [2.45, 2.75) is 0 Å². The third kappa shape index (κ3) is 1970. The molecule has 0 aliphatic rings. The second-order valence-electron chi connectivity index (χ2n) is 0.316. The molecule has 0 aromatic heterocycles. The quantitative estimate of drug-likeness (QED) is 0.413. The second-order valence-corrected chi connectivity index (χ2v) is 0.316. The van der Waals surface area contributed by atoms with E-state index >= 15 is 0 Å². The molecule has 0 rings (SSSR count). The molecule has 0 aliphatic carbocycles. The monoisotopic (exact) mass is 141 g/mol. The molecule has 0 aromatic rings. The molecular formula is C8H15NO. The normalized spacial score (nSPS) is 3.20. The summed E-state index contributed by atoms with van der Waals surface area (Å²) in [4.78, 5) is 0. The van der Waals surface area contributed by atoms with Crippen molar-refractivity contribution in [1.29, 1.82) is 5.26 Å². The van der Waals surface area contributed by atoms with Gasteiger partial charge in [0.05, 0.1) is 6.07 Å². The minimum atomic E-state index is -0.375. The van der Waals surface area contributed by atoms with Crippen molar-refractivity contribution in [2.75, 3.05) is 6.61 Å². The minimum Gasteiger partial charge on any atom is -0.381 e. The molecule has 0 fully saturated rings. The van der Waals surface area contributed by atoms with Gasteiger partial charge in [0, 0.05) is 0 Å². The predicted octanol–water partition coefficient (Wildman–Crippen LogP) is 1.91. The number of nitrogens with zero attached hydrogens (tertiary/aromatic N) is 1. The van der Waals surface area contributed by atoms with E-state index in [0.717, 1.165) is 0 Å². The van der Waals surface area contributed by atoms with Gasteiger partial charge in [0.1, 0.15) is 6.61 Å². The van der Waals surface area contributed by atoms with Crippen LogP contribution in [-0.4, -0.2) is 11.7 Å². The van der Waals surface area contributed by atoms with E-state index in [1.165, 1.54) is 6.07 Å². The fourth-order valence-corrected chi connectivity index (χ4v) is 0. The summed E-state index contributed by atoms with van der Waals surface area (Å²) in [6.07, 6.45) is 0. The van der Waals surface area contributed by atoms with Crippen LogP contribution in [0.1, 0.15) is 0 Å². The lowest BCUT2D eigenvalue weighted by atomic mass is 10.9. The Labute approximate surface area is 63.4 Å². The zero-order valence-corrected chi connectivity index (χ0v) is 6.34. The highest BCUT2D eigenvalue weighted by atomic mass is 16.2. The Kier molecular flexibility index (Phi) is 1780. The van der Waals surface area contributed by atoms with Gasteiger partial charge in [-0.2, -0.15) is 5.26 Å². The molecule has 0 amide bonds. The Morgan fingerprint density at radius 3 is 1.10 bits per heavy atom. The van der Waals surface area contributed by atoms with E-state index in [4.69, 9.17) is 10.4 Å². The first-order chi connectivity index (χ1) is 4.91. The summed E-state index contributed by atoms with van der Waals surface area (Å²) < 4.78 is 0. The van der Waals surface area contributed by atoms with E-state index in [1.807, 2.05) is 0 Å². The number of hydrogen-bond donors (Lipinski definition) is 1. The van der Waals surface area contributed by atoms with Gasteiger partial charge in [-0.25, -0.2) is 0 Å². The molecule has 10 heavy (non-hydrogen) atoms. The average Bonchev–Trinajstić information content (AvgIpc) is 2.14. The van der Waals surface area contributed by atoms with Gasteiger partial charge in [-0.1, -0.05) is 0 Å². The molecule has 0 saturated heterocycles. The summed E-state index contributed by atoms with van der Waals surface area (Å²) in [7, 11) is 0. The van der Waals surface area contributed by atoms with E-state index in [-0.39, 0.29) is 6.61 Å². The van der Waals surface area contributed by atoms with Gasteiger partial charge in [-0.15, -0.1) is 39.5 Å². The molecule has 0 aromatic carbocycles. The molecule has 0 atom stereocenters. The molecule has 0 bridgehead atoms. The minimum absolute atomic E-state index is 0.375. The molecule has 0 heterocycles. The average molecular weight is 141 g/mol. The highest BCUT2D eigenvalue weighted by molar-refractivity contribution is 4.63. The zero-order chi connectivity index (χ0) is 9.41. The van der Waals surface area contributed by atoms with Crippen LogP contribution in [-0.2, 0) is 0 Å². The van der Waals surface area contributed by atoms with Gasteiger partial charge in [0.25, 0.3) is 0 Å². The molecular weight excluding hydrogens is 126 g/mol. The van der Waals surface area contributed by atoms with Crippen LogP contribution in [0.4, 0.5) is 0 Å². The molecule has 2 nitrogen and oxygen atoms in total. The van der Waals surface area contributed by atoms with E-state index in [9.17, 15) is 0 Å². The van der Waals surface area contributed by atoms with Crippen LogP contribution < -0.4 is 0 Å². The van der Waals surface area contributed by atoms with Crippen LogP contribution in [0.25, 0.3) is 0 Å². The molecule has 0 spiro atoms. The van der Waals surface area contributed by atoms with Gasteiger partial charge >= 0.3 is 0 Å². The van der Waals surface area contributed by atoms with Crippen molar-refractivity contribution in [2.24, 2.45) is 0 Å². The largest absolute Gasteiger partial charge is 0.381 e.